The summed E-state index contributed by atoms with van der Waals surface area (Å²) in [5, 5.41) is 10.7. The predicted octanol–water partition coefficient (Wildman–Crippen LogP) is 1.11. The molecule has 1 aliphatic heterocycles. The average molecular weight is 284 g/mol. The van der Waals surface area contributed by atoms with Crippen LogP contribution in [-0.2, 0) is 14.3 Å². The van der Waals surface area contributed by atoms with Crippen LogP contribution in [0.25, 0.3) is 0 Å². The van der Waals surface area contributed by atoms with Crippen molar-refractivity contribution in [1.82, 2.24) is 0 Å². The highest BCUT2D eigenvalue weighted by atomic mass is 19.1. The monoisotopic (exact) mass is 284 g/mol. The Morgan fingerprint density at radius 2 is 2.30 bits per heavy atom. The van der Waals surface area contributed by atoms with Crippen LogP contribution < -0.4 is 4.90 Å². The molecule has 0 amide bonds. The number of carbonyl (C=O) groups is 1. The van der Waals surface area contributed by atoms with E-state index in [4.69, 9.17) is 4.74 Å². The van der Waals surface area contributed by atoms with E-state index < -0.39 is 22.8 Å². The first-order chi connectivity index (χ1) is 9.51. The number of nitro benzene ring substituents is 1. The molecule has 0 bridgehead atoms. The summed E-state index contributed by atoms with van der Waals surface area (Å²) in [7, 11) is 1.25. The summed E-state index contributed by atoms with van der Waals surface area (Å²) in [5.74, 6) is -1.23. The number of ether oxygens (including phenoxy) is 2. The number of nitro groups is 1. The zero-order chi connectivity index (χ0) is 14.7. The Kier molecular flexibility index (Phi) is 4.14. The number of hydrogen-bond acceptors (Lipinski definition) is 6. The molecule has 0 N–H and O–H groups in total. The Balaban J connectivity index is 2.22. The van der Waals surface area contributed by atoms with Gasteiger partial charge < -0.3 is 14.4 Å². The molecule has 2 rings (SSSR count). The quantitative estimate of drug-likeness (QED) is 0.470. The lowest BCUT2D eigenvalue weighted by Gasteiger charge is -2.33. The average Bonchev–Trinajstić information content (AvgIpc) is 2.45. The summed E-state index contributed by atoms with van der Waals surface area (Å²) in [6.45, 7) is 0.825. The minimum atomic E-state index is -0.781. The molecular formula is C12H13FN2O5. The van der Waals surface area contributed by atoms with Gasteiger partial charge in [0.2, 0.25) is 0 Å². The molecule has 108 valence electrons. The summed E-state index contributed by atoms with van der Waals surface area (Å²) in [4.78, 5) is 23.2. The first-order valence-corrected chi connectivity index (χ1v) is 5.90. The molecule has 0 aromatic heterocycles. The van der Waals surface area contributed by atoms with Crippen LogP contribution in [0.15, 0.2) is 18.2 Å². The second-order valence-electron chi connectivity index (χ2n) is 4.25. The maximum atomic E-state index is 13.4. The lowest BCUT2D eigenvalue weighted by atomic mass is 10.2. The number of morpholine rings is 1. The first kappa shape index (κ1) is 14.2. The molecule has 0 radical (unpaired) electrons. The highest BCUT2D eigenvalue weighted by Crippen LogP contribution is 2.25. The number of anilines is 1. The van der Waals surface area contributed by atoms with Crippen molar-refractivity contribution in [2.45, 2.75) is 6.10 Å². The molecule has 0 spiro atoms. The van der Waals surface area contributed by atoms with E-state index in [1.54, 1.807) is 4.90 Å². The lowest BCUT2D eigenvalue weighted by molar-refractivity contribution is -0.385. The molecule has 8 heteroatoms. The summed E-state index contributed by atoms with van der Waals surface area (Å²) in [6.07, 6.45) is -0.781. The van der Waals surface area contributed by atoms with Gasteiger partial charge in [-0.3, -0.25) is 10.1 Å². The fourth-order valence-corrected chi connectivity index (χ4v) is 2.00. The third-order valence-electron chi connectivity index (χ3n) is 2.97. The Morgan fingerprint density at radius 3 is 2.95 bits per heavy atom. The summed E-state index contributed by atoms with van der Waals surface area (Å²) in [6, 6.07) is 3.30. The molecule has 1 fully saturated rings. The molecule has 1 unspecified atom stereocenters. The van der Waals surface area contributed by atoms with Gasteiger partial charge in [0.25, 0.3) is 5.69 Å². The second-order valence-corrected chi connectivity index (χ2v) is 4.25. The molecule has 1 aromatic carbocycles. The molecule has 1 heterocycles. The normalized spacial score (nSPS) is 18.7. The fourth-order valence-electron chi connectivity index (χ4n) is 2.00. The number of halogens is 1. The number of methoxy groups -OCH3 is 1. The maximum Gasteiger partial charge on any atom is 0.336 e. The number of nitrogens with zero attached hydrogens (tertiary/aromatic N) is 2. The fraction of sp³-hybridized carbons (Fsp3) is 0.417. The topological polar surface area (TPSA) is 81.9 Å². The van der Waals surface area contributed by atoms with Gasteiger partial charge in [0.1, 0.15) is 5.82 Å². The molecule has 1 saturated heterocycles. The number of esters is 1. The highest BCUT2D eigenvalue weighted by molar-refractivity contribution is 5.75. The third-order valence-corrected chi connectivity index (χ3v) is 2.97. The Morgan fingerprint density at radius 1 is 1.55 bits per heavy atom. The van der Waals surface area contributed by atoms with Gasteiger partial charge in [-0.1, -0.05) is 0 Å². The zero-order valence-corrected chi connectivity index (χ0v) is 10.7. The lowest BCUT2D eigenvalue weighted by Crippen LogP contribution is -2.46. The Hall–Kier alpha value is -2.22. The first-order valence-electron chi connectivity index (χ1n) is 5.90. The number of benzene rings is 1. The van der Waals surface area contributed by atoms with Crippen molar-refractivity contribution in [2.24, 2.45) is 0 Å². The molecule has 0 aliphatic carbocycles. The summed E-state index contributed by atoms with van der Waals surface area (Å²) < 4.78 is 23.2. The minimum absolute atomic E-state index is 0.160. The highest BCUT2D eigenvalue weighted by Gasteiger charge is 2.28. The van der Waals surface area contributed by atoms with Crippen molar-refractivity contribution in [1.29, 1.82) is 0 Å². The van der Waals surface area contributed by atoms with Crippen LogP contribution in [0.5, 0.6) is 0 Å². The molecular weight excluding hydrogens is 271 g/mol. The molecule has 7 nitrogen and oxygen atoms in total. The van der Waals surface area contributed by atoms with Crippen molar-refractivity contribution in [3.8, 4) is 0 Å². The minimum Gasteiger partial charge on any atom is -0.467 e. The van der Waals surface area contributed by atoms with Crippen LogP contribution in [0.1, 0.15) is 0 Å². The molecule has 0 saturated carbocycles. The van der Waals surface area contributed by atoms with E-state index in [2.05, 4.69) is 4.74 Å². The van der Waals surface area contributed by atoms with Crippen LogP contribution >= 0.6 is 0 Å². The Bertz CT molecular complexity index is 537. The van der Waals surface area contributed by atoms with Gasteiger partial charge in [-0.15, -0.1) is 0 Å². The largest absolute Gasteiger partial charge is 0.467 e. The van der Waals surface area contributed by atoms with Crippen LogP contribution in [-0.4, -0.2) is 43.8 Å². The smallest absolute Gasteiger partial charge is 0.336 e. The summed E-state index contributed by atoms with van der Waals surface area (Å²) >= 11 is 0. The van der Waals surface area contributed by atoms with Gasteiger partial charge in [0, 0.05) is 18.3 Å². The van der Waals surface area contributed by atoms with Gasteiger partial charge in [-0.2, -0.15) is 0 Å². The van der Waals surface area contributed by atoms with E-state index in [0.717, 1.165) is 6.07 Å². The third kappa shape index (κ3) is 3.02. The van der Waals surface area contributed by atoms with Crippen molar-refractivity contribution in [3.05, 3.63) is 34.1 Å². The Labute approximate surface area is 114 Å². The molecule has 1 aromatic rings. The number of rotatable bonds is 3. The van der Waals surface area contributed by atoms with Gasteiger partial charge in [-0.05, 0) is 6.07 Å². The zero-order valence-electron chi connectivity index (χ0n) is 10.7. The number of non-ortho nitro benzene ring substituents is 1. The van der Waals surface area contributed by atoms with E-state index in [-0.39, 0.29) is 18.8 Å². The van der Waals surface area contributed by atoms with Gasteiger partial charge in [0.15, 0.2) is 6.10 Å². The number of hydrogen-bond donors (Lipinski definition) is 0. The van der Waals surface area contributed by atoms with Crippen molar-refractivity contribution >= 4 is 17.3 Å². The standard InChI is InChI=1S/C12H13FN2O5/c1-19-12(16)11-7-14(2-3-20-11)9-4-8(13)5-10(6-9)15(17)18/h4-6,11H,2-3,7H2,1H3. The van der Waals surface area contributed by atoms with Crippen LogP contribution in [0.2, 0.25) is 0 Å². The molecule has 20 heavy (non-hydrogen) atoms. The van der Waals surface area contributed by atoms with E-state index in [0.29, 0.717) is 12.2 Å². The van der Waals surface area contributed by atoms with Crippen LogP contribution in [0, 0.1) is 15.9 Å². The van der Waals surface area contributed by atoms with Gasteiger partial charge in [-0.25, -0.2) is 9.18 Å². The maximum absolute atomic E-state index is 13.4. The van der Waals surface area contributed by atoms with Gasteiger partial charge in [0.05, 0.1) is 31.3 Å². The predicted molar refractivity (Wildman–Crippen MR) is 67.0 cm³/mol. The van der Waals surface area contributed by atoms with Crippen LogP contribution in [0.4, 0.5) is 15.8 Å². The van der Waals surface area contributed by atoms with Crippen molar-refractivity contribution < 1.29 is 23.6 Å². The second kappa shape index (κ2) is 5.83. The summed E-state index contributed by atoms with van der Waals surface area (Å²) in [5.41, 5.74) is 0.00927. The van der Waals surface area contributed by atoms with Crippen molar-refractivity contribution in [3.63, 3.8) is 0 Å². The van der Waals surface area contributed by atoms with E-state index >= 15 is 0 Å². The molecule has 1 aliphatic rings. The van der Waals surface area contributed by atoms with E-state index in [9.17, 15) is 19.3 Å². The van der Waals surface area contributed by atoms with E-state index in [1.807, 2.05) is 0 Å². The van der Waals surface area contributed by atoms with Gasteiger partial charge >= 0.3 is 5.97 Å². The van der Waals surface area contributed by atoms with E-state index in [1.165, 1.54) is 19.2 Å². The molecule has 1 atom stereocenters. The van der Waals surface area contributed by atoms with Crippen LogP contribution in [0.3, 0.4) is 0 Å². The van der Waals surface area contributed by atoms with Crippen molar-refractivity contribution in [2.75, 3.05) is 31.7 Å². The number of carbonyl (C=O) groups excluding carboxylic acids is 1. The SMILES string of the molecule is COC(=O)C1CN(c2cc(F)cc([N+](=O)[O-])c2)CCO1.